The van der Waals surface area contributed by atoms with Gasteiger partial charge in [0.25, 0.3) is 11.8 Å². The van der Waals surface area contributed by atoms with E-state index in [0.29, 0.717) is 10.6 Å². The van der Waals surface area contributed by atoms with Crippen LogP contribution >= 0.6 is 27.5 Å². The molecule has 0 aromatic heterocycles. The van der Waals surface area contributed by atoms with Crippen LogP contribution in [0.4, 0.5) is 0 Å². The first-order valence-corrected chi connectivity index (χ1v) is 10.7. The summed E-state index contributed by atoms with van der Waals surface area (Å²) in [7, 11) is 0. The van der Waals surface area contributed by atoms with Gasteiger partial charge in [0.1, 0.15) is 11.8 Å². The molecule has 2 rings (SSSR count). The van der Waals surface area contributed by atoms with Crippen LogP contribution in [0.2, 0.25) is 5.02 Å². The minimum absolute atomic E-state index is 0.0659. The van der Waals surface area contributed by atoms with Gasteiger partial charge >= 0.3 is 0 Å². The van der Waals surface area contributed by atoms with Crippen molar-refractivity contribution < 1.29 is 14.3 Å². The molecule has 0 aliphatic rings. The lowest BCUT2D eigenvalue weighted by Crippen LogP contribution is -2.48. The molecule has 0 saturated carbocycles. The number of amides is 2. The number of hydrazone groups is 1. The molecular weight excluding hydrogens is 470 g/mol. The van der Waals surface area contributed by atoms with Gasteiger partial charge in [0, 0.05) is 10.6 Å². The van der Waals surface area contributed by atoms with Gasteiger partial charge in [-0.3, -0.25) is 9.59 Å². The molecule has 0 saturated heterocycles. The molecule has 2 aromatic rings. The number of hydrogen-bond acceptors (Lipinski definition) is 4. The molecule has 2 N–H and O–H groups in total. The van der Waals surface area contributed by atoms with E-state index < -0.39 is 11.9 Å². The zero-order valence-corrected chi connectivity index (χ0v) is 19.6. The number of nitrogens with one attached hydrogen (secondary N) is 2. The fourth-order valence-electron chi connectivity index (χ4n) is 2.55. The summed E-state index contributed by atoms with van der Waals surface area (Å²) in [5, 5.41) is 7.29. The minimum atomic E-state index is -0.737. The highest BCUT2D eigenvalue weighted by atomic mass is 79.9. The maximum atomic E-state index is 12.5. The normalized spacial score (nSPS) is 12.3. The molecule has 1 unspecified atom stereocenters. The second-order valence-corrected chi connectivity index (χ2v) is 8.58. The van der Waals surface area contributed by atoms with Gasteiger partial charge in [0.05, 0.1) is 16.8 Å². The van der Waals surface area contributed by atoms with Crippen molar-refractivity contribution in [3.05, 3.63) is 63.1 Å². The van der Waals surface area contributed by atoms with Gasteiger partial charge in [0.15, 0.2) is 0 Å². The van der Waals surface area contributed by atoms with Gasteiger partial charge in [-0.1, -0.05) is 25.4 Å². The molecule has 160 valence electrons. The van der Waals surface area contributed by atoms with Crippen molar-refractivity contribution >= 4 is 45.6 Å². The van der Waals surface area contributed by atoms with Crippen LogP contribution in [-0.2, 0) is 4.79 Å². The van der Waals surface area contributed by atoms with Gasteiger partial charge in [-0.15, -0.1) is 0 Å². The summed E-state index contributed by atoms with van der Waals surface area (Å²) in [6.07, 6.45) is 1.59. The van der Waals surface area contributed by atoms with E-state index in [1.807, 2.05) is 45.9 Å². The fraction of sp³-hybridized carbons (Fsp3) is 0.318. The quantitative estimate of drug-likeness (QED) is 0.409. The SMILES string of the molecule is CC(C)Oc1ccc(C=NNC(=O)C(NC(=O)c2ccc(Cl)cc2)C(C)C)cc1Br. The van der Waals surface area contributed by atoms with E-state index in [0.717, 1.165) is 15.8 Å². The second-order valence-electron chi connectivity index (χ2n) is 7.29. The third-order valence-corrected chi connectivity index (χ3v) is 4.92. The summed E-state index contributed by atoms with van der Waals surface area (Å²) in [4.78, 5) is 25.0. The number of rotatable bonds is 8. The van der Waals surface area contributed by atoms with Gasteiger partial charge in [-0.25, -0.2) is 5.43 Å². The van der Waals surface area contributed by atoms with Gasteiger partial charge in [-0.05, 0) is 83.7 Å². The molecule has 2 aromatic carbocycles. The molecule has 2 amide bonds. The summed E-state index contributed by atoms with van der Waals surface area (Å²) in [5.41, 5.74) is 3.70. The van der Waals surface area contributed by atoms with Crippen LogP contribution in [0.1, 0.15) is 43.6 Å². The summed E-state index contributed by atoms with van der Waals surface area (Å²) >= 11 is 9.31. The Kier molecular flexibility index (Phi) is 8.87. The van der Waals surface area contributed by atoms with Crippen molar-refractivity contribution in [2.45, 2.75) is 39.8 Å². The molecule has 8 heteroatoms. The fourth-order valence-corrected chi connectivity index (χ4v) is 3.16. The van der Waals surface area contributed by atoms with Crippen molar-refractivity contribution in [2.75, 3.05) is 0 Å². The Hall–Kier alpha value is -2.38. The molecule has 0 heterocycles. The second kappa shape index (κ2) is 11.1. The van der Waals surface area contributed by atoms with Gasteiger partial charge in [-0.2, -0.15) is 5.10 Å². The maximum Gasteiger partial charge on any atom is 0.262 e. The highest BCUT2D eigenvalue weighted by Gasteiger charge is 2.24. The largest absolute Gasteiger partial charge is 0.490 e. The first-order chi connectivity index (χ1) is 14.2. The van der Waals surface area contributed by atoms with Crippen LogP contribution in [0, 0.1) is 5.92 Å². The lowest BCUT2D eigenvalue weighted by Gasteiger charge is -2.20. The molecule has 30 heavy (non-hydrogen) atoms. The van der Waals surface area contributed by atoms with Crippen molar-refractivity contribution in [1.29, 1.82) is 0 Å². The number of nitrogens with zero attached hydrogens (tertiary/aromatic N) is 1. The van der Waals surface area contributed by atoms with Gasteiger partial charge in [0.2, 0.25) is 0 Å². The van der Waals surface area contributed by atoms with Crippen LogP contribution < -0.4 is 15.5 Å². The van der Waals surface area contributed by atoms with E-state index in [4.69, 9.17) is 16.3 Å². The van der Waals surface area contributed by atoms with E-state index in [9.17, 15) is 9.59 Å². The Bertz CT molecular complexity index is 914. The van der Waals surface area contributed by atoms with Crippen LogP contribution in [0.5, 0.6) is 5.75 Å². The highest BCUT2D eigenvalue weighted by Crippen LogP contribution is 2.26. The molecule has 1 atom stereocenters. The molecule has 0 spiro atoms. The third-order valence-electron chi connectivity index (χ3n) is 4.05. The zero-order valence-electron chi connectivity index (χ0n) is 17.3. The van der Waals surface area contributed by atoms with E-state index in [2.05, 4.69) is 31.8 Å². The van der Waals surface area contributed by atoms with Crippen molar-refractivity contribution in [3.8, 4) is 5.75 Å². The molecule has 0 fully saturated rings. The van der Waals surface area contributed by atoms with Crippen LogP contribution in [0.3, 0.4) is 0 Å². The Balaban J connectivity index is 2.00. The molecular formula is C22H25BrClN3O3. The lowest BCUT2D eigenvalue weighted by molar-refractivity contribution is -0.123. The molecule has 0 bridgehead atoms. The maximum absolute atomic E-state index is 12.5. The van der Waals surface area contributed by atoms with Crippen LogP contribution in [0.25, 0.3) is 0 Å². The predicted molar refractivity (Wildman–Crippen MR) is 123 cm³/mol. The molecule has 0 radical (unpaired) electrons. The number of carbonyl (C=O) groups is 2. The van der Waals surface area contributed by atoms with Crippen LogP contribution in [0.15, 0.2) is 52.0 Å². The van der Waals surface area contributed by atoms with E-state index in [-0.39, 0.29) is 17.9 Å². The molecule has 6 nitrogen and oxygen atoms in total. The first kappa shape index (κ1) is 23.9. The summed E-state index contributed by atoms with van der Waals surface area (Å²) < 4.78 is 6.47. The minimum Gasteiger partial charge on any atom is -0.490 e. The standard InChI is InChI=1S/C22H25BrClN3O3/c1-13(2)20(26-21(28)16-6-8-17(24)9-7-16)22(29)27-25-12-15-5-10-19(18(23)11-15)30-14(3)4/h5-14,20H,1-4H3,(H,26,28)(H,27,29). The number of hydrogen-bond donors (Lipinski definition) is 2. The molecule has 0 aliphatic heterocycles. The number of halogens is 2. The smallest absolute Gasteiger partial charge is 0.262 e. The van der Waals surface area contributed by atoms with Crippen molar-refractivity contribution in [1.82, 2.24) is 10.7 Å². The first-order valence-electron chi connectivity index (χ1n) is 9.53. The topological polar surface area (TPSA) is 79.8 Å². The Morgan fingerprint density at radius 3 is 2.33 bits per heavy atom. The van der Waals surface area contributed by atoms with Gasteiger partial charge < -0.3 is 10.1 Å². The van der Waals surface area contributed by atoms with Crippen LogP contribution in [-0.4, -0.2) is 30.2 Å². The average molecular weight is 495 g/mol. The van der Waals surface area contributed by atoms with Crippen molar-refractivity contribution in [2.24, 2.45) is 11.0 Å². The Morgan fingerprint density at radius 2 is 1.77 bits per heavy atom. The van der Waals surface area contributed by atoms with E-state index in [1.165, 1.54) is 6.21 Å². The number of carbonyl (C=O) groups excluding carboxylic acids is 2. The van der Waals surface area contributed by atoms with E-state index >= 15 is 0 Å². The number of ether oxygens (including phenoxy) is 1. The third kappa shape index (κ3) is 7.15. The summed E-state index contributed by atoms with van der Waals surface area (Å²) in [6, 6.07) is 11.2. The average Bonchev–Trinajstić information content (AvgIpc) is 2.67. The Labute approximate surface area is 190 Å². The summed E-state index contributed by atoms with van der Waals surface area (Å²) in [5.74, 6) is -0.148. The zero-order chi connectivity index (χ0) is 22.3. The highest BCUT2D eigenvalue weighted by molar-refractivity contribution is 9.10. The Morgan fingerprint density at radius 1 is 1.10 bits per heavy atom. The number of benzene rings is 2. The van der Waals surface area contributed by atoms with Crippen molar-refractivity contribution in [3.63, 3.8) is 0 Å². The monoisotopic (exact) mass is 493 g/mol. The molecule has 0 aliphatic carbocycles. The predicted octanol–water partition coefficient (Wildman–Crippen LogP) is 4.79. The van der Waals surface area contributed by atoms with E-state index in [1.54, 1.807) is 24.3 Å². The summed E-state index contributed by atoms with van der Waals surface area (Å²) in [6.45, 7) is 7.60. The lowest BCUT2D eigenvalue weighted by atomic mass is 10.0.